The van der Waals surface area contributed by atoms with Gasteiger partial charge < -0.3 is 4.42 Å². The Morgan fingerprint density at radius 3 is 1.85 bits per heavy atom. The Bertz CT molecular complexity index is 1020. The summed E-state index contributed by atoms with van der Waals surface area (Å²) in [6, 6.07) is 17.4. The molecular weight excluding hydrogens is 320 g/mol. The molecule has 2 aromatic carbocycles. The lowest BCUT2D eigenvalue weighted by Crippen LogP contribution is -1.91. The standard InChI is InChI=1S/C23H24N2O/c1-15(2)17-5-9-19(10-6-17)21-22(25-13-14-26-23(25)24-21)20-11-7-18(8-12-20)16(3)4/h5-16H,1-4H3. The van der Waals surface area contributed by atoms with E-state index in [0.29, 0.717) is 17.7 Å². The number of fused-ring (bicyclic) bond motifs is 1. The lowest BCUT2D eigenvalue weighted by molar-refractivity contribution is 0.596. The van der Waals surface area contributed by atoms with Crippen molar-refractivity contribution in [3.05, 3.63) is 72.1 Å². The van der Waals surface area contributed by atoms with Crippen molar-refractivity contribution in [2.75, 3.05) is 0 Å². The highest BCUT2D eigenvalue weighted by atomic mass is 16.3. The summed E-state index contributed by atoms with van der Waals surface area (Å²) in [6.07, 6.45) is 3.61. The van der Waals surface area contributed by atoms with E-state index in [0.717, 1.165) is 22.5 Å². The number of hydrogen-bond acceptors (Lipinski definition) is 2. The number of benzene rings is 2. The van der Waals surface area contributed by atoms with Crippen LogP contribution < -0.4 is 0 Å². The molecule has 2 aromatic heterocycles. The minimum atomic E-state index is 0.519. The minimum absolute atomic E-state index is 0.519. The van der Waals surface area contributed by atoms with E-state index in [1.165, 1.54) is 11.1 Å². The summed E-state index contributed by atoms with van der Waals surface area (Å²) in [5.74, 6) is 1.66. The molecule has 0 unspecified atom stereocenters. The van der Waals surface area contributed by atoms with Crippen molar-refractivity contribution in [1.29, 1.82) is 0 Å². The van der Waals surface area contributed by atoms with Crippen LogP contribution in [-0.4, -0.2) is 9.38 Å². The van der Waals surface area contributed by atoms with Gasteiger partial charge in [0.1, 0.15) is 12.0 Å². The zero-order valence-corrected chi connectivity index (χ0v) is 15.7. The molecule has 3 nitrogen and oxygen atoms in total. The first-order valence-corrected chi connectivity index (χ1v) is 9.21. The maximum atomic E-state index is 5.56. The summed E-state index contributed by atoms with van der Waals surface area (Å²) in [5, 5.41) is 0. The highest BCUT2D eigenvalue weighted by Crippen LogP contribution is 2.34. The molecule has 0 radical (unpaired) electrons. The van der Waals surface area contributed by atoms with Crippen LogP contribution in [0.1, 0.15) is 50.7 Å². The van der Waals surface area contributed by atoms with Gasteiger partial charge in [0, 0.05) is 17.3 Å². The van der Waals surface area contributed by atoms with Gasteiger partial charge in [-0.25, -0.2) is 0 Å². The molecule has 26 heavy (non-hydrogen) atoms. The molecule has 0 amide bonds. The fourth-order valence-corrected chi connectivity index (χ4v) is 3.31. The predicted molar refractivity (Wildman–Crippen MR) is 107 cm³/mol. The van der Waals surface area contributed by atoms with E-state index in [9.17, 15) is 0 Å². The van der Waals surface area contributed by atoms with Gasteiger partial charge in [-0.05, 0) is 23.0 Å². The van der Waals surface area contributed by atoms with E-state index < -0.39 is 0 Å². The van der Waals surface area contributed by atoms with E-state index in [1.807, 2.05) is 10.6 Å². The molecule has 0 aliphatic heterocycles. The molecule has 0 aliphatic carbocycles. The van der Waals surface area contributed by atoms with Crippen molar-refractivity contribution in [3.63, 3.8) is 0 Å². The second kappa shape index (κ2) is 6.49. The summed E-state index contributed by atoms with van der Waals surface area (Å²) >= 11 is 0. The van der Waals surface area contributed by atoms with Crippen LogP contribution in [0, 0.1) is 0 Å². The van der Waals surface area contributed by atoms with Gasteiger partial charge in [-0.15, -0.1) is 0 Å². The van der Waals surface area contributed by atoms with Crippen LogP contribution in [-0.2, 0) is 0 Å². The second-order valence-electron chi connectivity index (χ2n) is 7.42. The van der Waals surface area contributed by atoms with Gasteiger partial charge in [-0.3, -0.25) is 4.40 Å². The number of imidazole rings is 1. The van der Waals surface area contributed by atoms with Gasteiger partial charge >= 0.3 is 5.84 Å². The Morgan fingerprint density at radius 1 is 0.769 bits per heavy atom. The Morgan fingerprint density at radius 2 is 1.31 bits per heavy atom. The smallest absolute Gasteiger partial charge is 0.306 e. The molecular formula is C23H24N2O. The highest BCUT2D eigenvalue weighted by molar-refractivity contribution is 5.81. The Kier molecular flexibility index (Phi) is 4.15. The monoisotopic (exact) mass is 344 g/mol. The van der Waals surface area contributed by atoms with Gasteiger partial charge in [0.2, 0.25) is 0 Å². The van der Waals surface area contributed by atoms with E-state index in [2.05, 4.69) is 76.2 Å². The number of nitrogens with zero attached hydrogens (tertiary/aromatic N) is 2. The van der Waals surface area contributed by atoms with Crippen LogP contribution in [0.15, 0.2) is 65.4 Å². The van der Waals surface area contributed by atoms with Gasteiger partial charge in [0.15, 0.2) is 0 Å². The first kappa shape index (κ1) is 16.6. The molecule has 132 valence electrons. The third-order valence-corrected chi connectivity index (χ3v) is 4.96. The Labute approximate surface area is 154 Å². The molecule has 0 spiro atoms. The van der Waals surface area contributed by atoms with Crippen molar-refractivity contribution in [3.8, 4) is 22.5 Å². The van der Waals surface area contributed by atoms with Crippen LogP contribution in [0.3, 0.4) is 0 Å². The summed E-state index contributed by atoms with van der Waals surface area (Å²) in [4.78, 5) is 4.75. The van der Waals surface area contributed by atoms with Crippen molar-refractivity contribution in [1.82, 2.24) is 9.38 Å². The molecule has 0 saturated carbocycles. The van der Waals surface area contributed by atoms with Gasteiger partial charge in [0.25, 0.3) is 0 Å². The normalized spacial score (nSPS) is 11.8. The predicted octanol–water partition coefficient (Wildman–Crippen LogP) is 6.51. The van der Waals surface area contributed by atoms with Gasteiger partial charge in [0.05, 0.1) is 5.69 Å². The fourth-order valence-electron chi connectivity index (χ4n) is 3.31. The average molecular weight is 344 g/mol. The fraction of sp³-hybridized carbons (Fsp3) is 0.261. The molecule has 4 aromatic rings. The lowest BCUT2D eigenvalue weighted by atomic mass is 9.97. The molecule has 3 heteroatoms. The summed E-state index contributed by atoms with van der Waals surface area (Å²) in [6.45, 7) is 8.84. The number of aromatic nitrogens is 2. The third-order valence-electron chi connectivity index (χ3n) is 4.96. The summed E-state index contributed by atoms with van der Waals surface area (Å²) in [7, 11) is 0. The van der Waals surface area contributed by atoms with E-state index in [4.69, 9.17) is 9.40 Å². The number of hydrogen-bond donors (Lipinski definition) is 0. The zero-order chi connectivity index (χ0) is 18.3. The lowest BCUT2D eigenvalue weighted by Gasteiger charge is -2.09. The first-order valence-electron chi connectivity index (χ1n) is 9.21. The molecule has 0 N–H and O–H groups in total. The SMILES string of the molecule is CC(C)c1ccc(-c2nc3occn3c2-c2ccc(C(C)C)cc2)cc1. The van der Waals surface area contributed by atoms with Crippen LogP contribution in [0.2, 0.25) is 0 Å². The number of rotatable bonds is 4. The maximum absolute atomic E-state index is 5.56. The topological polar surface area (TPSA) is 30.4 Å². The molecule has 0 saturated heterocycles. The van der Waals surface area contributed by atoms with Crippen LogP contribution in [0.25, 0.3) is 28.4 Å². The summed E-state index contributed by atoms with van der Waals surface area (Å²) < 4.78 is 7.58. The van der Waals surface area contributed by atoms with Crippen LogP contribution in [0.4, 0.5) is 0 Å². The molecule has 0 atom stereocenters. The van der Waals surface area contributed by atoms with Crippen molar-refractivity contribution in [2.24, 2.45) is 0 Å². The average Bonchev–Trinajstić information content (AvgIpc) is 3.23. The van der Waals surface area contributed by atoms with Crippen molar-refractivity contribution in [2.45, 2.75) is 39.5 Å². The molecule has 0 aliphatic rings. The van der Waals surface area contributed by atoms with E-state index in [1.54, 1.807) is 6.26 Å². The van der Waals surface area contributed by atoms with E-state index in [-0.39, 0.29) is 0 Å². The van der Waals surface area contributed by atoms with Gasteiger partial charge in [-0.2, -0.15) is 4.98 Å². The van der Waals surface area contributed by atoms with Crippen molar-refractivity contribution >= 4 is 5.84 Å². The largest absolute Gasteiger partial charge is 0.432 e. The van der Waals surface area contributed by atoms with E-state index >= 15 is 0 Å². The molecule has 0 bridgehead atoms. The summed E-state index contributed by atoms with van der Waals surface area (Å²) in [5.41, 5.74) is 6.95. The minimum Gasteiger partial charge on any atom is -0.432 e. The quantitative estimate of drug-likeness (QED) is 0.422. The highest BCUT2D eigenvalue weighted by Gasteiger charge is 2.18. The van der Waals surface area contributed by atoms with Crippen molar-refractivity contribution < 1.29 is 4.42 Å². The molecule has 0 fully saturated rings. The molecule has 4 rings (SSSR count). The first-order chi connectivity index (χ1) is 12.5. The van der Waals surface area contributed by atoms with Crippen LogP contribution >= 0.6 is 0 Å². The maximum Gasteiger partial charge on any atom is 0.306 e. The Hall–Kier alpha value is -2.81. The van der Waals surface area contributed by atoms with Gasteiger partial charge in [-0.1, -0.05) is 76.2 Å². The molecule has 2 heterocycles. The van der Waals surface area contributed by atoms with Crippen LogP contribution in [0.5, 0.6) is 0 Å². The Balaban J connectivity index is 1.85. The second-order valence-corrected chi connectivity index (χ2v) is 7.42. The number of oxazole rings is 1. The third kappa shape index (κ3) is 2.84. The zero-order valence-electron chi connectivity index (χ0n) is 15.7.